The zero-order valence-electron chi connectivity index (χ0n) is 12.5. The molecule has 7 heteroatoms. The summed E-state index contributed by atoms with van der Waals surface area (Å²) >= 11 is 1.73. The zero-order chi connectivity index (χ0) is 16.2. The van der Waals surface area contributed by atoms with E-state index in [0.717, 1.165) is 6.42 Å². The maximum atomic E-state index is 12.2. The molecule has 2 aromatic heterocycles. The van der Waals surface area contributed by atoms with Crippen molar-refractivity contribution in [3.05, 3.63) is 50.6 Å². The molecule has 6 nitrogen and oxygen atoms in total. The van der Waals surface area contributed by atoms with Crippen LogP contribution >= 0.6 is 11.3 Å². The normalized spacial score (nSPS) is 13.5. The summed E-state index contributed by atoms with van der Waals surface area (Å²) in [4.78, 5) is 41.5. The lowest BCUT2D eigenvalue weighted by Crippen LogP contribution is -2.35. The van der Waals surface area contributed by atoms with E-state index in [4.69, 9.17) is 0 Å². The first-order valence-corrected chi connectivity index (χ1v) is 8.31. The van der Waals surface area contributed by atoms with Crippen molar-refractivity contribution in [3.8, 4) is 0 Å². The van der Waals surface area contributed by atoms with Crippen LogP contribution in [0.1, 0.15) is 23.3 Å². The molecular formula is C16H17N3O3S. The topological polar surface area (TPSA) is 82.3 Å². The molecular weight excluding hydrogens is 314 g/mol. The van der Waals surface area contributed by atoms with Crippen LogP contribution in [0.3, 0.4) is 0 Å². The van der Waals surface area contributed by atoms with E-state index in [-0.39, 0.29) is 35.8 Å². The van der Waals surface area contributed by atoms with E-state index in [0.29, 0.717) is 13.1 Å². The minimum absolute atomic E-state index is 0.0287. The van der Waals surface area contributed by atoms with Gasteiger partial charge in [-0.15, -0.1) is 11.3 Å². The average Bonchev–Trinajstić information content (AvgIpc) is 3.02. The third kappa shape index (κ3) is 3.68. The predicted molar refractivity (Wildman–Crippen MR) is 88.4 cm³/mol. The largest absolute Gasteiger partial charge is 0.366 e. The van der Waals surface area contributed by atoms with Crippen LogP contribution in [0, 0.1) is 0 Å². The van der Waals surface area contributed by atoms with Crippen LogP contribution in [-0.4, -0.2) is 28.2 Å². The molecule has 0 atom stereocenters. The summed E-state index contributed by atoms with van der Waals surface area (Å²) in [5, 5.41) is 4.57. The van der Waals surface area contributed by atoms with E-state index in [2.05, 4.69) is 10.3 Å². The van der Waals surface area contributed by atoms with Gasteiger partial charge >= 0.3 is 0 Å². The van der Waals surface area contributed by atoms with Crippen LogP contribution in [0.5, 0.6) is 0 Å². The second-order valence-corrected chi connectivity index (χ2v) is 6.41. The van der Waals surface area contributed by atoms with Crippen molar-refractivity contribution in [3.63, 3.8) is 0 Å². The van der Waals surface area contributed by atoms with E-state index < -0.39 is 0 Å². The second kappa shape index (κ2) is 6.78. The van der Waals surface area contributed by atoms with Crippen molar-refractivity contribution in [1.82, 2.24) is 9.88 Å². The fourth-order valence-electron chi connectivity index (χ4n) is 2.57. The lowest BCUT2D eigenvalue weighted by molar-refractivity contribution is -0.133. The Morgan fingerprint density at radius 3 is 3.00 bits per heavy atom. The first kappa shape index (κ1) is 15.5. The van der Waals surface area contributed by atoms with Gasteiger partial charge in [0.25, 0.3) is 0 Å². The molecule has 0 aliphatic carbocycles. The van der Waals surface area contributed by atoms with Gasteiger partial charge in [-0.05, 0) is 23.4 Å². The molecule has 0 saturated heterocycles. The number of nitrogens with zero attached hydrogens (tertiary/aromatic N) is 1. The van der Waals surface area contributed by atoms with Gasteiger partial charge in [0.2, 0.25) is 17.2 Å². The fraction of sp³-hybridized carbons (Fsp3) is 0.312. The highest BCUT2D eigenvalue weighted by Crippen LogP contribution is 2.24. The van der Waals surface area contributed by atoms with Crippen molar-refractivity contribution < 1.29 is 9.59 Å². The fourth-order valence-corrected chi connectivity index (χ4v) is 3.46. The van der Waals surface area contributed by atoms with Gasteiger partial charge < -0.3 is 15.2 Å². The molecule has 0 fully saturated rings. The Bertz CT molecular complexity index is 781. The number of thiophene rings is 1. The molecule has 3 rings (SSSR count). The maximum absolute atomic E-state index is 12.2. The molecule has 2 N–H and O–H groups in total. The second-order valence-electron chi connectivity index (χ2n) is 5.40. The van der Waals surface area contributed by atoms with Gasteiger partial charge in [-0.3, -0.25) is 14.4 Å². The third-order valence-electron chi connectivity index (χ3n) is 3.82. The van der Waals surface area contributed by atoms with Gasteiger partial charge in [0.15, 0.2) is 0 Å². The van der Waals surface area contributed by atoms with Gasteiger partial charge in [0.1, 0.15) is 5.69 Å². The van der Waals surface area contributed by atoms with Crippen LogP contribution in [0.25, 0.3) is 0 Å². The monoisotopic (exact) mass is 331 g/mol. The number of hydrogen-bond acceptors (Lipinski definition) is 4. The van der Waals surface area contributed by atoms with Gasteiger partial charge in [-0.1, -0.05) is 0 Å². The Balaban J connectivity index is 1.50. The minimum Gasteiger partial charge on any atom is -0.366 e. The van der Waals surface area contributed by atoms with Crippen molar-refractivity contribution in [2.45, 2.75) is 25.8 Å². The molecule has 0 saturated carbocycles. The number of pyridine rings is 1. The Morgan fingerprint density at radius 1 is 1.30 bits per heavy atom. The lowest BCUT2D eigenvalue weighted by atomic mass is 10.1. The van der Waals surface area contributed by atoms with Crippen LogP contribution in [0.2, 0.25) is 0 Å². The summed E-state index contributed by atoms with van der Waals surface area (Å²) in [6, 6.07) is 3.39. The maximum Gasteiger partial charge on any atom is 0.225 e. The number of H-pyrrole nitrogens is 1. The van der Waals surface area contributed by atoms with Crippen LogP contribution < -0.4 is 10.7 Å². The smallest absolute Gasteiger partial charge is 0.225 e. The van der Waals surface area contributed by atoms with Crippen LogP contribution in [0.4, 0.5) is 5.69 Å². The molecule has 1 aliphatic rings. The molecule has 0 radical (unpaired) electrons. The zero-order valence-corrected chi connectivity index (χ0v) is 13.3. The number of amides is 2. The van der Waals surface area contributed by atoms with E-state index in [1.54, 1.807) is 16.2 Å². The van der Waals surface area contributed by atoms with Gasteiger partial charge in [0, 0.05) is 49.3 Å². The highest BCUT2D eigenvalue weighted by atomic mass is 32.1. The predicted octanol–water partition coefficient (Wildman–Crippen LogP) is 1.74. The molecule has 23 heavy (non-hydrogen) atoms. The number of aromatic amines is 1. The quantitative estimate of drug-likeness (QED) is 0.895. The first-order valence-electron chi connectivity index (χ1n) is 7.43. The highest BCUT2D eigenvalue weighted by molar-refractivity contribution is 7.10. The van der Waals surface area contributed by atoms with E-state index in [1.165, 1.54) is 28.9 Å². The molecule has 0 spiro atoms. The number of hydrogen-bond donors (Lipinski definition) is 2. The van der Waals surface area contributed by atoms with Gasteiger partial charge in [-0.2, -0.15) is 0 Å². The van der Waals surface area contributed by atoms with Gasteiger partial charge in [0.05, 0.1) is 0 Å². The molecule has 0 bridgehead atoms. The molecule has 0 aromatic carbocycles. The van der Waals surface area contributed by atoms with Crippen molar-refractivity contribution in [2.75, 3.05) is 11.9 Å². The minimum atomic E-state index is -0.330. The Labute approximate surface area is 137 Å². The average molecular weight is 331 g/mol. The number of aromatic nitrogens is 1. The summed E-state index contributed by atoms with van der Waals surface area (Å²) in [5.74, 6) is -0.359. The molecule has 2 amide bonds. The molecule has 0 unspecified atom stereocenters. The summed E-state index contributed by atoms with van der Waals surface area (Å²) in [6.45, 7) is 1.32. The summed E-state index contributed by atoms with van der Waals surface area (Å²) in [5.41, 5.74) is 1.14. The number of carbonyl (C=O) groups is 2. The number of rotatable bonds is 4. The van der Waals surface area contributed by atoms with Crippen LogP contribution in [0.15, 0.2) is 34.7 Å². The molecule has 120 valence electrons. The Kier molecular flexibility index (Phi) is 4.57. The SMILES string of the molecule is O=C(CCC(=O)N1CCc2sccc2C1)Nc1c[nH]ccc1=O. The van der Waals surface area contributed by atoms with Crippen molar-refractivity contribution in [2.24, 2.45) is 0 Å². The molecule has 1 aliphatic heterocycles. The first-order chi connectivity index (χ1) is 11.1. The standard InChI is InChI=1S/C16H17N3O3S/c20-13-3-6-17-9-12(13)18-15(21)1-2-16(22)19-7-4-14-11(10-19)5-8-23-14/h3,5-6,8-9H,1-2,4,7,10H2,(H,17,20)(H,18,21). The van der Waals surface area contributed by atoms with Crippen LogP contribution in [-0.2, 0) is 22.6 Å². The Morgan fingerprint density at radius 2 is 2.17 bits per heavy atom. The Hall–Kier alpha value is -2.41. The van der Waals surface area contributed by atoms with E-state index >= 15 is 0 Å². The summed E-state index contributed by atoms with van der Waals surface area (Å²) < 4.78 is 0. The summed E-state index contributed by atoms with van der Waals surface area (Å²) in [7, 11) is 0. The number of fused-ring (bicyclic) bond motifs is 1. The number of carbonyl (C=O) groups excluding carboxylic acids is 2. The third-order valence-corrected chi connectivity index (χ3v) is 4.85. The number of nitrogens with one attached hydrogen (secondary N) is 2. The van der Waals surface area contributed by atoms with Gasteiger partial charge in [-0.25, -0.2) is 0 Å². The van der Waals surface area contributed by atoms with Crippen molar-refractivity contribution >= 4 is 28.8 Å². The van der Waals surface area contributed by atoms with E-state index in [9.17, 15) is 14.4 Å². The van der Waals surface area contributed by atoms with Crippen molar-refractivity contribution in [1.29, 1.82) is 0 Å². The number of anilines is 1. The summed E-state index contributed by atoms with van der Waals surface area (Å²) in [6.07, 6.45) is 4.03. The molecule has 3 heterocycles. The van der Waals surface area contributed by atoms with E-state index in [1.807, 2.05) is 11.4 Å². The highest BCUT2D eigenvalue weighted by Gasteiger charge is 2.21. The molecule has 2 aromatic rings. The lowest BCUT2D eigenvalue weighted by Gasteiger charge is -2.27.